The maximum atomic E-state index is 12.3. The van der Waals surface area contributed by atoms with Crippen molar-refractivity contribution in [3.63, 3.8) is 0 Å². The fourth-order valence-corrected chi connectivity index (χ4v) is 2.60. The number of ketones is 1. The van der Waals surface area contributed by atoms with Crippen molar-refractivity contribution < 1.29 is 26.3 Å². The van der Waals surface area contributed by atoms with Gasteiger partial charge in [0, 0.05) is 5.56 Å². The second-order valence-electron chi connectivity index (χ2n) is 5.41. The van der Waals surface area contributed by atoms with Gasteiger partial charge in [-0.05, 0) is 12.8 Å². The molecule has 1 heterocycles. The Labute approximate surface area is 114 Å². The molecular weight excluding hydrogens is 278 g/mol. The fraction of sp³-hybridized carbons (Fsp3) is 0.500. The van der Waals surface area contributed by atoms with Gasteiger partial charge in [0.15, 0.2) is 5.78 Å². The molecule has 1 aliphatic rings. The van der Waals surface area contributed by atoms with Gasteiger partial charge in [0.25, 0.3) is 0 Å². The summed E-state index contributed by atoms with van der Waals surface area (Å²) >= 11 is 0. The lowest BCUT2D eigenvalue weighted by Crippen LogP contribution is -3.00. The van der Waals surface area contributed by atoms with Crippen LogP contribution in [0, 0.1) is 5.92 Å². The molecule has 0 bridgehead atoms. The molecule has 1 unspecified atom stereocenters. The SMILES string of the molecule is C[N+]1(C)CCCC(C(=O)c2ccccc2)C1.[Br-]. The molecule has 1 aromatic carbocycles. The maximum absolute atomic E-state index is 12.3. The van der Waals surface area contributed by atoms with Crippen molar-refractivity contribution in [1.82, 2.24) is 0 Å². The summed E-state index contributed by atoms with van der Waals surface area (Å²) in [5.74, 6) is 0.539. The third kappa shape index (κ3) is 3.65. The Hall–Kier alpha value is -0.670. The van der Waals surface area contributed by atoms with Gasteiger partial charge in [0.05, 0.1) is 33.1 Å². The van der Waals surface area contributed by atoms with E-state index in [4.69, 9.17) is 0 Å². The maximum Gasteiger partial charge on any atom is 0.171 e. The van der Waals surface area contributed by atoms with Crippen LogP contribution in [-0.4, -0.2) is 37.5 Å². The summed E-state index contributed by atoms with van der Waals surface area (Å²) < 4.78 is 0.975. The first-order chi connectivity index (χ1) is 7.58. The largest absolute Gasteiger partial charge is 1.00 e. The topological polar surface area (TPSA) is 17.1 Å². The number of benzene rings is 1. The third-order valence-electron chi connectivity index (χ3n) is 3.46. The van der Waals surface area contributed by atoms with Gasteiger partial charge in [-0.3, -0.25) is 4.79 Å². The number of hydrogen-bond donors (Lipinski definition) is 0. The number of nitrogens with zero attached hydrogens (tertiary/aromatic N) is 1. The lowest BCUT2D eigenvalue weighted by atomic mass is 9.89. The van der Waals surface area contributed by atoms with E-state index in [0.29, 0.717) is 5.78 Å². The molecule has 3 heteroatoms. The molecule has 0 N–H and O–H groups in total. The number of carbonyl (C=O) groups excluding carboxylic acids is 1. The number of quaternary nitrogens is 1. The van der Waals surface area contributed by atoms with Gasteiger partial charge in [-0.1, -0.05) is 30.3 Å². The van der Waals surface area contributed by atoms with Crippen LogP contribution in [0.3, 0.4) is 0 Å². The van der Waals surface area contributed by atoms with E-state index in [1.54, 1.807) is 0 Å². The number of rotatable bonds is 2. The van der Waals surface area contributed by atoms with Crippen molar-refractivity contribution in [2.75, 3.05) is 27.2 Å². The highest BCUT2D eigenvalue weighted by Gasteiger charge is 2.32. The Morgan fingerprint density at radius 3 is 2.47 bits per heavy atom. The van der Waals surface area contributed by atoms with Gasteiger partial charge in [0.2, 0.25) is 0 Å². The predicted octanol–water partition coefficient (Wildman–Crippen LogP) is -0.640. The van der Waals surface area contributed by atoms with Crippen LogP contribution in [0.2, 0.25) is 0 Å². The lowest BCUT2D eigenvalue weighted by molar-refractivity contribution is -0.897. The van der Waals surface area contributed by atoms with Crippen molar-refractivity contribution >= 4 is 5.78 Å². The summed E-state index contributed by atoms with van der Waals surface area (Å²) in [6.45, 7) is 2.17. The molecule has 0 aliphatic carbocycles. The smallest absolute Gasteiger partial charge is 0.171 e. The molecule has 1 aliphatic heterocycles. The Bertz CT molecular complexity index is 375. The van der Waals surface area contributed by atoms with Crippen molar-refractivity contribution in [2.45, 2.75) is 12.8 Å². The minimum atomic E-state index is 0. The van der Waals surface area contributed by atoms with Gasteiger partial charge in [-0.2, -0.15) is 0 Å². The van der Waals surface area contributed by atoms with Crippen LogP contribution in [0.15, 0.2) is 30.3 Å². The van der Waals surface area contributed by atoms with Crippen LogP contribution in [0.25, 0.3) is 0 Å². The van der Waals surface area contributed by atoms with Crippen molar-refractivity contribution in [3.8, 4) is 0 Å². The Morgan fingerprint density at radius 1 is 1.24 bits per heavy atom. The van der Waals surface area contributed by atoms with Crippen LogP contribution in [0.5, 0.6) is 0 Å². The van der Waals surface area contributed by atoms with E-state index in [1.165, 1.54) is 6.54 Å². The second-order valence-corrected chi connectivity index (χ2v) is 5.41. The second kappa shape index (κ2) is 5.78. The standard InChI is InChI=1S/C14H20NO.BrH/c1-15(2)10-6-9-13(11-15)14(16)12-7-4-3-5-8-12;/h3-5,7-8,13H,6,9-11H2,1-2H3;1H/q+1;/p-1. The van der Waals surface area contributed by atoms with E-state index in [-0.39, 0.29) is 22.9 Å². The molecule has 0 spiro atoms. The highest BCUT2D eigenvalue weighted by Crippen LogP contribution is 2.23. The van der Waals surface area contributed by atoms with Gasteiger partial charge in [-0.15, -0.1) is 0 Å². The summed E-state index contributed by atoms with van der Waals surface area (Å²) in [5, 5.41) is 0. The number of halogens is 1. The van der Waals surface area contributed by atoms with Crippen LogP contribution in [-0.2, 0) is 0 Å². The molecular formula is C14H20BrNO. The van der Waals surface area contributed by atoms with E-state index < -0.39 is 0 Å². The van der Waals surface area contributed by atoms with Gasteiger partial charge in [0.1, 0.15) is 0 Å². The first-order valence-corrected chi connectivity index (χ1v) is 6.00. The number of Topliss-reactive ketones (excluding diaryl/α,β-unsaturated/α-hetero) is 1. The average molecular weight is 298 g/mol. The zero-order valence-corrected chi connectivity index (χ0v) is 12.1. The van der Waals surface area contributed by atoms with E-state index in [2.05, 4.69) is 14.1 Å². The van der Waals surface area contributed by atoms with Crippen LogP contribution in [0.4, 0.5) is 0 Å². The summed E-state index contributed by atoms with van der Waals surface area (Å²) in [6, 6.07) is 9.69. The molecule has 1 fully saturated rings. The van der Waals surface area contributed by atoms with Gasteiger partial charge in [-0.25, -0.2) is 0 Å². The highest BCUT2D eigenvalue weighted by molar-refractivity contribution is 5.97. The fourth-order valence-electron chi connectivity index (χ4n) is 2.60. The summed E-state index contributed by atoms with van der Waals surface area (Å²) in [4.78, 5) is 12.3. The molecule has 1 saturated heterocycles. The molecule has 0 amide bonds. The molecule has 0 aromatic heterocycles. The molecule has 0 saturated carbocycles. The zero-order chi connectivity index (χ0) is 11.6. The molecule has 94 valence electrons. The lowest BCUT2D eigenvalue weighted by Gasteiger charge is -2.37. The Kier molecular flexibility index (Phi) is 4.90. The molecule has 2 nitrogen and oxygen atoms in total. The van der Waals surface area contributed by atoms with E-state index in [0.717, 1.165) is 29.4 Å². The van der Waals surface area contributed by atoms with Crippen LogP contribution in [0.1, 0.15) is 23.2 Å². The highest BCUT2D eigenvalue weighted by atomic mass is 79.9. The van der Waals surface area contributed by atoms with Gasteiger partial charge >= 0.3 is 0 Å². The van der Waals surface area contributed by atoms with E-state index in [1.807, 2.05) is 30.3 Å². The first kappa shape index (κ1) is 14.4. The number of piperidine rings is 1. The Balaban J connectivity index is 0.00000144. The van der Waals surface area contributed by atoms with Crippen LogP contribution < -0.4 is 17.0 Å². The van der Waals surface area contributed by atoms with Crippen LogP contribution >= 0.6 is 0 Å². The number of carbonyl (C=O) groups is 1. The average Bonchev–Trinajstić information content (AvgIpc) is 2.28. The Morgan fingerprint density at radius 2 is 1.88 bits per heavy atom. The minimum absolute atomic E-state index is 0. The summed E-state index contributed by atoms with van der Waals surface area (Å²) in [7, 11) is 4.43. The minimum Gasteiger partial charge on any atom is -1.00 e. The van der Waals surface area contributed by atoms with Crippen molar-refractivity contribution in [2.24, 2.45) is 5.92 Å². The van der Waals surface area contributed by atoms with Gasteiger partial charge < -0.3 is 21.5 Å². The molecule has 17 heavy (non-hydrogen) atoms. The normalized spacial score (nSPS) is 22.6. The quantitative estimate of drug-likeness (QED) is 0.524. The number of likely N-dealkylation sites (tertiary alicyclic amines) is 1. The molecule has 1 aromatic rings. The summed E-state index contributed by atoms with van der Waals surface area (Å²) in [5.41, 5.74) is 0.870. The predicted molar refractivity (Wildman–Crippen MR) is 65.3 cm³/mol. The third-order valence-corrected chi connectivity index (χ3v) is 3.46. The molecule has 0 radical (unpaired) electrons. The van der Waals surface area contributed by atoms with Crippen molar-refractivity contribution in [3.05, 3.63) is 35.9 Å². The zero-order valence-electron chi connectivity index (χ0n) is 10.5. The van der Waals surface area contributed by atoms with E-state index in [9.17, 15) is 4.79 Å². The first-order valence-electron chi connectivity index (χ1n) is 6.00. The van der Waals surface area contributed by atoms with E-state index >= 15 is 0 Å². The summed E-state index contributed by atoms with van der Waals surface area (Å²) in [6.07, 6.45) is 2.21. The molecule has 1 atom stereocenters. The number of hydrogen-bond acceptors (Lipinski definition) is 1. The van der Waals surface area contributed by atoms with Crippen molar-refractivity contribution in [1.29, 1.82) is 0 Å². The molecule has 2 rings (SSSR count). The monoisotopic (exact) mass is 297 g/mol.